The Morgan fingerprint density at radius 3 is 3.24 bits per heavy atom. The van der Waals surface area contributed by atoms with Crippen LogP contribution in [0, 0.1) is 0 Å². The minimum Gasteiger partial charge on any atom is -0.382 e. The molecule has 0 saturated heterocycles. The second-order valence-electron chi connectivity index (χ2n) is 3.93. The van der Waals surface area contributed by atoms with Gasteiger partial charge in [-0.05, 0) is 32.0 Å². The molecule has 0 unspecified atom stereocenters. The van der Waals surface area contributed by atoms with Crippen LogP contribution in [0.3, 0.4) is 0 Å². The number of aromatic nitrogens is 2. The van der Waals surface area contributed by atoms with Crippen LogP contribution in [-0.4, -0.2) is 29.4 Å². The Hall–Kier alpha value is -1.39. The van der Waals surface area contributed by atoms with Crippen LogP contribution in [0.2, 0.25) is 0 Å². The van der Waals surface area contributed by atoms with Gasteiger partial charge in [0.1, 0.15) is 0 Å². The van der Waals surface area contributed by atoms with Gasteiger partial charge in [-0.15, -0.1) is 0 Å². The van der Waals surface area contributed by atoms with Gasteiger partial charge in [-0.3, -0.25) is 0 Å². The van der Waals surface area contributed by atoms with E-state index in [2.05, 4.69) is 16.5 Å². The molecule has 2 aromatic heterocycles. The fourth-order valence-corrected chi connectivity index (χ4v) is 1.79. The van der Waals surface area contributed by atoms with Gasteiger partial charge in [0.15, 0.2) is 0 Å². The Bertz CT molecular complexity index is 453. The van der Waals surface area contributed by atoms with Crippen molar-refractivity contribution in [3.8, 4) is 0 Å². The van der Waals surface area contributed by atoms with Crippen LogP contribution in [0.5, 0.6) is 0 Å². The van der Waals surface area contributed by atoms with Crippen molar-refractivity contribution >= 4 is 5.52 Å². The molecule has 0 aromatic carbocycles. The van der Waals surface area contributed by atoms with E-state index in [0.29, 0.717) is 0 Å². The Morgan fingerprint density at radius 1 is 1.41 bits per heavy atom. The highest BCUT2D eigenvalue weighted by Gasteiger charge is 2.01. The largest absolute Gasteiger partial charge is 0.382 e. The number of nitrogens with zero attached hydrogens (tertiary/aromatic N) is 2. The van der Waals surface area contributed by atoms with Crippen molar-refractivity contribution in [1.29, 1.82) is 0 Å². The molecule has 0 aliphatic rings. The first-order valence-corrected chi connectivity index (χ1v) is 6.11. The zero-order valence-corrected chi connectivity index (χ0v) is 10.2. The number of fused-ring (bicyclic) bond motifs is 1. The van der Waals surface area contributed by atoms with Gasteiger partial charge in [-0.2, -0.15) is 5.10 Å². The lowest BCUT2D eigenvalue weighted by Crippen LogP contribution is -2.16. The summed E-state index contributed by atoms with van der Waals surface area (Å²) in [5.41, 5.74) is 2.41. The van der Waals surface area contributed by atoms with Crippen LogP contribution in [0.15, 0.2) is 30.6 Å². The molecule has 2 heterocycles. The molecule has 2 rings (SSSR count). The van der Waals surface area contributed by atoms with Crippen molar-refractivity contribution in [3.63, 3.8) is 0 Å². The monoisotopic (exact) mass is 233 g/mol. The summed E-state index contributed by atoms with van der Waals surface area (Å²) in [6.45, 7) is 5.49. The molecule has 0 radical (unpaired) electrons. The minimum absolute atomic E-state index is 0.800. The maximum absolute atomic E-state index is 5.28. The highest BCUT2D eigenvalue weighted by Crippen LogP contribution is 2.08. The van der Waals surface area contributed by atoms with Crippen molar-refractivity contribution in [2.24, 2.45) is 0 Å². The lowest BCUT2D eigenvalue weighted by atomic mass is 10.2. The molecule has 0 spiro atoms. The Labute approximate surface area is 102 Å². The molecule has 4 nitrogen and oxygen atoms in total. The molecule has 0 saturated carbocycles. The van der Waals surface area contributed by atoms with E-state index < -0.39 is 0 Å². The molecule has 0 aliphatic carbocycles. The molecule has 0 amide bonds. The van der Waals surface area contributed by atoms with Gasteiger partial charge in [0.05, 0.1) is 11.7 Å². The van der Waals surface area contributed by atoms with Crippen molar-refractivity contribution in [2.45, 2.75) is 19.9 Å². The normalized spacial score (nSPS) is 11.1. The second kappa shape index (κ2) is 6.37. The maximum atomic E-state index is 5.28. The second-order valence-corrected chi connectivity index (χ2v) is 3.93. The van der Waals surface area contributed by atoms with E-state index in [9.17, 15) is 0 Å². The topological polar surface area (TPSA) is 38.6 Å². The quantitative estimate of drug-likeness (QED) is 0.742. The molecule has 17 heavy (non-hydrogen) atoms. The molecule has 0 bridgehead atoms. The Morgan fingerprint density at radius 2 is 2.35 bits per heavy atom. The molecule has 1 N–H and O–H groups in total. The third kappa shape index (κ3) is 3.28. The summed E-state index contributed by atoms with van der Waals surface area (Å²) in [6.07, 6.45) is 4.94. The highest BCUT2D eigenvalue weighted by molar-refractivity contribution is 5.53. The molecular weight excluding hydrogens is 214 g/mol. The third-order valence-corrected chi connectivity index (χ3v) is 2.67. The molecular formula is C13H19N3O. The van der Waals surface area contributed by atoms with Crippen molar-refractivity contribution in [1.82, 2.24) is 14.9 Å². The summed E-state index contributed by atoms with van der Waals surface area (Å²) >= 11 is 0. The fraction of sp³-hybridized carbons (Fsp3) is 0.462. The van der Waals surface area contributed by atoms with Crippen LogP contribution in [-0.2, 0) is 11.3 Å². The van der Waals surface area contributed by atoms with Crippen molar-refractivity contribution in [3.05, 3.63) is 36.2 Å². The SMILES string of the molecule is CCOCCCNCc1cnn2ccccc12. The van der Waals surface area contributed by atoms with Gasteiger partial charge in [-0.25, -0.2) is 4.52 Å². The minimum atomic E-state index is 0.800. The molecule has 92 valence electrons. The summed E-state index contributed by atoms with van der Waals surface area (Å²) < 4.78 is 7.18. The van der Waals surface area contributed by atoms with Gasteiger partial charge in [-0.1, -0.05) is 6.07 Å². The number of hydrogen-bond acceptors (Lipinski definition) is 3. The molecule has 0 atom stereocenters. The first-order chi connectivity index (χ1) is 8.42. The van der Waals surface area contributed by atoms with Gasteiger partial charge in [0, 0.05) is 31.5 Å². The van der Waals surface area contributed by atoms with Gasteiger partial charge in [0.2, 0.25) is 0 Å². The van der Waals surface area contributed by atoms with E-state index >= 15 is 0 Å². The van der Waals surface area contributed by atoms with E-state index in [0.717, 1.165) is 32.7 Å². The van der Waals surface area contributed by atoms with E-state index in [-0.39, 0.29) is 0 Å². The third-order valence-electron chi connectivity index (χ3n) is 2.67. The number of ether oxygens (including phenoxy) is 1. The smallest absolute Gasteiger partial charge is 0.0706 e. The van der Waals surface area contributed by atoms with Crippen molar-refractivity contribution < 1.29 is 4.74 Å². The fourth-order valence-electron chi connectivity index (χ4n) is 1.79. The number of hydrogen-bond donors (Lipinski definition) is 1. The number of nitrogens with one attached hydrogen (secondary N) is 1. The summed E-state index contributed by atoms with van der Waals surface area (Å²) in [7, 11) is 0. The van der Waals surface area contributed by atoms with E-state index in [1.807, 2.05) is 36.0 Å². The summed E-state index contributed by atoms with van der Waals surface area (Å²) in [6, 6.07) is 6.11. The molecule has 2 aromatic rings. The van der Waals surface area contributed by atoms with Gasteiger partial charge in [0.25, 0.3) is 0 Å². The van der Waals surface area contributed by atoms with E-state index in [1.54, 1.807) is 0 Å². The summed E-state index contributed by atoms with van der Waals surface area (Å²) in [5, 5.41) is 7.70. The standard InChI is InChI=1S/C13H19N3O/c1-2-17-9-5-7-14-10-12-11-15-16-8-4-3-6-13(12)16/h3-4,6,8,11,14H,2,5,7,9-10H2,1H3. The molecule has 4 heteroatoms. The summed E-state index contributed by atoms with van der Waals surface area (Å²) in [4.78, 5) is 0. The average Bonchev–Trinajstić information content (AvgIpc) is 2.77. The lowest BCUT2D eigenvalue weighted by Gasteiger charge is -2.03. The van der Waals surface area contributed by atoms with E-state index in [4.69, 9.17) is 4.74 Å². The summed E-state index contributed by atoms with van der Waals surface area (Å²) in [5.74, 6) is 0. The number of pyridine rings is 1. The van der Waals surface area contributed by atoms with Crippen LogP contribution in [0.25, 0.3) is 5.52 Å². The predicted molar refractivity (Wildman–Crippen MR) is 68.0 cm³/mol. The van der Waals surface area contributed by atoms with Crippen LogP contribution in [0.1, 0.15) is 18.9 Å². The molecule has 0 aliphatic heterocycles. The Kier molecular flexibility index (Phi) is 4.53. The van der Waals surface area contributed by atoms with Crippen LogP contribution in [0.4, 0.5) is 0 Å². The Balaban J connectivity index is 1.79. The highest BCUT2D eigenvalue weighted by atomic mass is 16.5. The zero-order valence-electron chi connectivity index (χ0n) is 10.2. The van der Waals surface area contributed by atoms with Crippen LogP contribution >= 0.6 is 0 Å². The maximum Gasteiger partial charge on any atom is 0.0706 e. The average molecular weight is 233 g/mol. The zero-order chi connectivity index (χ0) is 11.9. The van der Waals surface area contributed by atoms with E-state index in [1.165, 1.54) is 11.1 Å². The van der Waals surface area contributed by atoms with Crippen molar-refractivity contribution in [2.75, 3.05) is 19.8 Å². The first-order valence-electron chi connectivity index (χ1n) is 6.11. The van der Waals surface area contributed by atoms with Gasteiger partial charge < -0.3 is 10.1 Å². The van der Waals surface area contributed by atoms with Gasteiger partial charge >= 0.3 is 0 Å². The lowest BCUT2D eigenvalue weighted by molar-refractivity contribution is 0.144. The molecule has 0 fully saturated rings. The predicted octanol–water partition coefficient (Wildman–Crippen LogP) is 1.85. The van der Waals surface area contributed by atoms with Crippen LogP contribution < -0.4 is 5.32 Å². The number of rotatable bonds is 7. The first kappa shape index (κ1) is 12.1.